The van der Waals surface area contributed by atoms with Crippen molar-refractivity contribution in [1.29, 1.82) is 0 Å². The molecule has 0 bridgehead atoms. The number of sulfonamides is 1. The second kappa shape index (κ2) is 7.13. The lowest BCUT2D eigenvalue weighted by Gasteiger charge is -2.11. The van der Waals surface area contributed by atoms with Crippen molar-refractivity contribution in [3.63, 3.8) is 0 Å². The van der Waals surface area contributed by atoms with E-state index in [1.807, 2.05) is 31.3 Å². The molecule has 0 fully saturated rings. The lowest BCUT2D eigenvalue weighted by molar-refractivity contribution is 0.0695. The zero-order chi connectivity index (χ0) is 19.8. The van der Waals surface area contributed by atoms with Gasteiger partial charge in [0.15, 0.2) is 0 Å². The van der Waals surface area contributed by atoms with Gasteiger partial charge in [-0.1, -0.05) is 18.2 Å². The SMILES string of the molecule is Cc1cc(S(=O)(=O)NCCc2nn(C)c3ccccc23)cc(C(=O)O)c1C. The first-order chi connectivity index (χ1) is 12.7. The van der Waals surface area contributed by atoms with Crippen LogP contribution in [0.25, 0.3) is 10.9 Å². The largest absolute Gasteiger partial charge is 0.478 e. The van der Waals surface area contributed by atoms with Crippen LogP contribution in [-0.2, 0) is 23.5 Å². The topological polar surface area (TPSA) is 101 Å². The van der Waals surface area contributed by atoms with Gasteiger partial charge < -0.3 is 5.11 Å². The number of carboxylic acid groups (broad SMARTS) is 1. The Kier molecular flexibility index (Phi) is 5.03. The van der Waals surface area contributed by atoms with Crippen LogP contribution in [-0.4, -0.2) is 35.8 Å². The van der Waals surface area contributed by atoms with Crippen molar-refractivity contribution in [3.05, 3.63) is 58.8 Å². The van der Waals surface area contributed by atoms with Gasteiger partial charge in [-0.05, 0) is 43.2 Å². The smallest absolute Gasteiger partial charge is 0.336 e. The van der Waals surface area contributed by atoms with Gasteiger partial charge in [0.1, 0.15) is 0 Å². The summed E-state index contributed by atoms with van der Waals surface area (Å²) in [6.07, 6.45) is 0.428. The molecule has 2 N–H and O–H groups in total. The molecule has 7 nitrogen and oxygen atoms in total. The molecule has 1 heterocycles. The number of aromatic carboxylic acids is 1. The third-order valence-electron chi connectivity index (χ3n) is 4.67. The summed E-state index contributed by atoms with van der Waals surface area (Å²) < 4.78 is 29.5. The molecule has 0 aliphatic carbocycles. The van der Waals surface area contributed by atoms with E-state index in [0.717, 1.165) is 16.6 Å². The van der Waals surface area contributed by atoms with Crippen molar-refractivity contribution in [2.45, 2.75) is 25.2 Å². The Bertz CT molecular complexity index is 1130. The molecule has 3 aromatic rings. The second-order valence-corrected chi connectivity index (χ2v) is 8.22. The number of fused-ring (bicyclic) bond motifs is 1. The van der Waals surface area contributed by atoms with Crippen molar-refractivity contribution in [2.75, 3.05) is 6.54 Å². The maximum absolute atomic E-state index is 12.6. The van der Waals surface area contributed by atoms with E-state index in [2.05, 4.69) is 9.82 Å². The molecule has 0 saturated heterocycles. The average Bonchev–Trinajstić information content (AvgIpc) is 2.93. The highest BCUT2D eigenvalue weighted by molar-refractivity contribution is 7.89. The highest BCUT2D eigenvalue weighted by Gasteiger charge is 2.19. The predicted molar refractivity (Wildman–Crippen MR) is 102 cm³/mol. The summed E-state index contributed by atoms with van der Waals surface area (Å²) in [5.74, 6) is -1.15. The van der Waals surface area contributed by atoms with Crippen molar-refractivity contribution < 1.29 is 18.3 Å². The molecule has 0 unspecified atom stereocenters. The summed E-state index contributed by atoms with van der Waals surface area (Å²) in [6.45, 7) is 3.52. The first-order valence-electron chi connectivity index (χ1n) is 8.45. The number of rotatable bonds is 6. The van der Waals surface area contributed by atoms with E-state index in [9.17, 15) is 18.3 Å². The van der Waals surface area contributed by atoms with Gasteiger partial charge in [0, 0.05) is 25.4 Å². The highest BCUT2D eigenvalue weighted by Crippen LogP contribution is 2.21. The summed E-state index contributed by atoms with van der Waals surface area (Å²) in [5.41, 5.74) is 2.95. The molecule has 2 aromatic carbocycles. The number of nitrogens with one attached hydrogen (secondary N) is 1. The molecular weight excluding hydrogens is 366 g/mol. The van der Waals surface area contributed by atoms with E-state index >= 15 is 0 Å². The molecule has 142 valence electrons. The summed E-state index contributed by atoms with van der Waals surface area (Å²) in [4.78, 5) is 11.3. The number of hydrogen-bond acceptors (Lipinski definition) is 4. The first-order valence-corrected chi connectivity index (χ1v) is 9.94. The van der Waals surface area contributed by atoms with E-state index in [0.29, 0.717) is 17.5 Å². The standard InChI is InChI=1S/C19H21N3O4S/c1-12-10-14(11-16(13(12)2)19(23)24)27(25,26)20-9-8-17-15-6-4-5-7-18(15)22(3)21-17/h4-7,10-11,20H,8-9H2,1-3H3,(H,23,24). The minimum Gasteiger partial charge on any atom is -0.478 e. The minimum absolute atomic E-state index is 0.00825. The van der Waals surface area contributed by atoms with Gasteiger partial charge >= 0.3 is 5.97 Å². The minimum atomic E-state index is -3.82. The van der Waals surface area contributed by atoms with Crippen LogP contribution < -0.4 is 4.72 Å². The third kappa shape index (κ3) is 3.72. The van der Waals surface area contributed by atoms with Crippen LogP contribution in [0.3, 0.4) is 0 Å². The fraction of sp³-hybridized carbons (Fsp3) is 0.263. The number of nitrogens with zero attached hydrogens (tertiary/aromatic N) is 2. The molecule has 0 radical (unpaired) electrons. The van der Waals surface area contributed by atoms with Crippen LogP contribution in [0.1, 0.15) is 27.2 Å². The molecule has 3 rings (SSSR count). The highest BCUT2D eigenvalue weighted by atomic mass is 32.2. The molecule has 0 aliphatic rings. The monoisotopic (exact) mass is 387 g/mol. The lowest BCUT2D eigenvalue weighted by atomic mass is 10.0. The number of aromatic nitrogens is 2. The summed E-state index contributed by atoms with van der Waals surface area (Å²) in [6, 6.07) is 10.4. The van der Waals surface area contributed by atoms with E-state index < -0.39 is 16.0 Å². The second-order valence-electron chi connectivity index (χ2n) is 6.45. The summed E-state index contributed by atoms with van der Waals surface area (Å²) in [7, 11) is -1.97. The van der Waals surface area contributed by atoms with Crippen LogP contribution in [0, 0.1) is 13.8 Å². The molecule has 0 atom stereocenters. The van der Waals surface area contributed by atoms with Gasteiger partial charge in [0.25, 0.3) is 0 Å². The Labute approximate surface area is 157 Å². The quantitative estimate of drug-likeness (QED) is 0.676. The Balaban J connectivity index is 1.80. The molecule has 0 aliphatic heterocycles. The van der Waals surface area contributed by atoms with Crippen LogP contribution in [0.4, 0.5) is 0 Å². The van der Waals surface area contributed by atoms with Gasteiger partial charge in [-0.2, -0.15) is 5.10 Å². The molecule has 0 spiro atoms. The fourth-order valence-corrected chi connectivity index (χ4v) is 4.21. The zero-order valence-electron chi connectivity index (χ0n) is 15.4. The van der Waals surface area contributed by atoms with E-state index in [1.54, 1.807) is 18.5 Å². The van der Waals surface area contributed by atoms with Gasteiger partial charge in [0.05, 0.1) is 21.7 Å². The predicted octanol–water partition coefficient (Wildman–Crippen LogP) is 2.41. The Morgan fingerprint density at radius 3 is 2.63 bits per heavy atom. The summed E-state index contributed by atoms with van der Waals surface area (Å²) in [5, 5.41) is 14.7. The maximum Gasteiger partial charge on any atom is 0.336 e. The van der Waals surface area contributed by atoms with Gasteiger partial charge in [0.2, 0.25) is 10.0 Å². The molecule has 8 heteroatoms. The van der Waals surface area contributed by atoms with E-state index in [-0.39, 0.29) is 17.0 Å². The van der Waals surface area contributed by atoms with E-state index in [1.165, 1.54) is 12.1 Å². The number of para-hydroxylation sites is 1. The molecule has 0 amide bonds. The van der Waals surface area contributed by atoms with Crippen molar-refractivity contribution in [3.8, 4) is 0 Å². The zero-order valence-corrected chi connectivity index (χ0v) is 16.2. The van der Waals surface area contributed by atoms with Crippen molar-refractivity contribution in [1.82, 2.24) is 14.5 Å². The van der Waals surface area contributed by atoms with Gasteiger partial charge in [-0.25, -0.2) is 17.9 Å². The first kappa shape index (κ1) is 19.1. The Morgan fingerprint density at radius 2 is 1.93 bits per heavy atom. The number of carboxylic acids is 1. The Hall–Kier alpha value is -2.71. The average molecular weight is 387 g/mol. The van der Waals surface area contributed by atoms with Crippen LogP contribution in [0.5, 0.6) is 0 Å². The van der Waals surface area contributed by atoms with Crippen LogP contribution in [0.2, 0.25) is 0 Å². The molecule has 27 heavy (non-hydrogen) atoms. The van der Waals surface area contributed by atoms with Crippen LogP contribution in [0.15, 0.2) is 41.3 Å². The molecule has 0 saturated carbocycles. The Morgan fingerprint density at radius 1 is 1.22 bits per heavy atom. The lowest BCUT2D eigenvalue weighted by Crippen LogP contribution is -2.26. The number of benzene rings is 2. The maximum atomic E-state index is 12.6. The fourth-order valence-electron chi connectivity index (χ4n) is 3.06. The van der Waals surface area contributed by atoms with E-state index in [4.69, 9.17) is 0 Å². The van der Waals surface area contributed by atoms with Crippen molar-refractivity contribution in [2.24, 2.45) is 7.05 Å². The van der Waals surface area contributed by atoms with Gasteiger partial charge in [-0.3, -0.25) is 4.68 Å². The number of hydrogen-bond donors (Lipinski definition) is 2. The van der Waals surface area contributed by atoms with Crippen LogP contribution >= 0.6 is 0 Å². The van der Waals surface area contributed by atoms with Gasteiger partial charge in [-0.15, -0.1) is 0 Å². The third-order valence-corrected chi connectivity index (χ3v) is 6.11. The number of carbonyl (C=O) groups is 1. The summed E-state index contributed by atoms with van der Waals surface area (Å²) >= 11 is 0. The normalized spacial score (nSPS) is 11.8. The molecule has 1 aromatic heterocycles. The van der Waals surface area contributed by atoms with Crippen molar-refractivity contribution >= 4 is 26.9 Å². The molecular formula is C19H21N3O4S. The number of aryl methyl sites for hydroxylation is 2.